The fourth-order valence-corrected chi connectivity index (χ4v) is 2.19. The van der Waals surface area contributed by atoms with Crippen LogP contribution in [0.1, 0.15) is 41.5 Å². The summed E-state index contributed by atoms with van der Waals surface area (Å²) < 4.78 is 5.65. The summed E-state index contributed by atoms with van der Waals surface area (Å²) in [6.45, 7) is 7.15. The largest absolute Gasteiger partial charge is 0.493 e. The Balaban J connectivity index is 2.08. The molecule has 0 aliphatic carbocycles. The number of anilines is 1. The minimum Gasteiger partial charge on any atom is -0.493 e. The molecule has 25 heavy (non-hydrogen) atoms. The fourth-order valence-electron chi connectivity index (χ4n) is 2.19. The van der Waals surface area contributed by atoms with Crippen LogP contribution in [0.5, 0.6) is 5.75 Å². The highest BCUT2D eigenvalue weighted by Gasteiger charge is 2.10. The first-order valence-corrected chi connectivity index (χ1v) is 8.42. The second kappa shape index (κ2) is 8.87. The molecule has 0 heterocycles. The van der Waals surface area contributed by atoms with Crippen molar-refractivity contribution in [2.24, 2.45) is 5.92 Å². The van der Waals surface area contributed by atoms with Crippen LogP contribution in [0.4, 0.5) is 5.69 Å². The van der Waals surface area contributed by atoms with E-state index in [0.29, 0.717) is 41.6 Å². The Morgan fingerprint density at radius 1 is 1.00 bits per heavy atom. The number of carbonyl (C=O) groups is 2. The molecule has 2 rings (SSSR count). The van der Waals surface area contributed by atoms with Crippen molar-refractivity contribution in [3.05, 3.63) is 59.7 Å². The maximum absolute atomic E-state index is 12.4. The van der Waals surface area contributed by atoms with Crippen LogP contribution in [0.25, 0.3) is 0 Å². The molecule has 0 bridgehead atoms. The predicted octanol–water partition coefficient (Wildman–Crippen LogP) is 3.72. The zero-order valence-corrected chi connectivity index (χ0v) is 14.8. The Labute approximate surface area is 148 Å². The molecular formula is C20H24N2O3. The maximum atomic E-state index is 12.4. The summed E-state index contributed by atoms with van der Waals surface area (Å²) in [6.07, 6.45) is 0. The lowest BCUT2D eigenvalue weighted by Crippen LogP contribution is -2.22. The highest BCUT2D eigenvalue weighted by Crippen LogP contribution is 2.17. The Morgan fingerprint density at radius 2 is 1.68 bits per heavy atom. The Kier molecular flexibility index (Phi) is 6.57. The van der Waals surface area contributed by atoms with E-state index in [9.17, 15) is 9.59 Å². The second-order valence-corrected chi connectivity index (χ2v) is 6.13. The molecule has 2 amide bonds. The monoisotopic (exact) mass is 340 g/mol. The van der Waals surface area contributed by atoms with Crippen molar-refractivity contribution in [3.8, 4) is 5.75 Å². The summed E-state index contributed by atoms with van der Waals surface area (Å²) in [6, 6.07) is 13.9. The van der Waals surface area contributed by atoms with Crippen molar-refractivity contribution in [2.75, 3.05) is 18.5 Å². The van der Waals surface area contributed by atoms with Gasteiger partial charge >= 0.3 is 0 Å². The molecule has 0 spiro atoms. The summed E-state index contributed by atoms with van der Waals surface area (Å²) in [4.78, 5) is 24.3. The van der Waals surface area contributed by atoms with E-state index in [2.05, 4.69) is 24.5 Å². The summed E-state index contributed by atoms with van der Waals surface area (Å²) >= 11 is 0. The lowest BCUT2D eigenvalue weighted by molar-refractivity contribution is 0.0954. The first-order chi connectivity index (χ1) is 12.0. The lowest BCUT2D eigenvalue weighted by Gasteiger charge is -2.11. The molecule has 0 aliphatic heterocycles. The van der Waals surface area contributed by atoms with Crippen LogP contribution in [0.3, 0.4) is 0 Å². The van der Waals surface area contributed by atoms with Crippen molar-refractivity contribution in [2.45, 2.75) is 20.8 Å². The van der Waals surface area contributed by atoms with Crippen molar-refractivity contribution < 1.29 is 14.3 Å². The molecule has 2 aromatic rings. The van der Waals surface area contributed by atoms with Crippen LogP contribution in [-0.4, -0.2) is 25.0 Å². The predicted molar refractivity (Wildman–Crippen MR) is 99.2 cm³/mol. The van der Waals surface area contributed by atoms with Crippen molar-refractivity contribution in [1.29, 1.82) is 0 Å². The molecule has 0 aliphatic rings. The van der Waals surface area contributed by atoms with Gasteiger partial charge in [0, 0.05) is 23.4 Å². The highest BCUT2D eigenvalue weighted by atomic mass is 16.5. The molecule has 132 valence electrons. The molecule has 2 N–H and O–H groups in total. The molecular weight excluding hydrogens is 316 g/mol. The molecule has 0 unspecified atom stereocenters. The third-order valence-corrected chi connectivity index (χ3v) is 3.40. The van der Waals surface area contributed by atoms with Crippen LogP contribution in [0.15, 0.2) is 48.5 Å². The van der Waals surface area contributed by atoms with Gasteiger partial charge in [0.15, 0.2) is 0 Å². The standard InChI is InChI=1S/C20H24N2O3/c1-4-21-19(23)15-7-5-9-17(11-15)22-20(24)16-8-6-10-18(12-16)25-13-14(2)3/h5-12,14H,4,13H2,1-3H3,(H,21,23)(H,22,24). The van der Waals surface area contributed by atoms with Crippen LogP contribution in [0, 0.1) is 5.92 Å². The Hall–Kier alpha value is -2.82. The number of hydrogen-bond acceptors (Lipinski definition) is 3. The van der Waals surface area contributed by atoms with Gasteiger partial charge in [-0.3, -0.25) is 9.59 Å². The van der Waals surface area contributed by atoms with Gasteiger partial charge in [-0.2, -0.15) is 0 Å². The summed E-state index contributed by atoms with van der Waals surface area (Å²) in [5.41, 5.74) is 1.58. The van der Waals surface area contributed by atoms with Gasteiger partial charge in [-0.25, -0.2) is 0 Å². The molecule has 0 saturated carbocycles. The van der Waals surface area contributed by atoms with Crippen LogP contribution in [-0.2, 0) is 0 Å². The first kappa shape index (κ1) is 18.5. The number of hydrogen-bond donors (Lipinski definition) is 2. The van der Waals surface area contributed by atoms with Gasteiger partial charge in [0.25, 0.3) is 11.8 Å². The maximum Gasteiger partial charge on any atom is 0.255 e. The number of nitrogens with one attached hydrogen (secondary N) is 2. The quantitative estimate of drug-likeness (QED) is 0.807. The number of amides is 2. The molecule has 5 heteroatoms. The van der Waals surface area contributed by atoms with E-state index in [0.717, 1.165) is 0 Å². The smallest absolute Gasteiger partial charge is 0.255 e. The topological polar surface area (TPSA) is 67.4 Å². The van der Waals surface area contributed by atoms with Crippen molar-refractivity contribution >= 4 is 17.5 Å². The first-order valence-electron chi connectivity index (χ1n) is 8.42. The second-order valence-electron chi connectivity index (χ2n) is 6.13. The molecule has 0 aromatic heterocycles. The number of carbonyl (C=O) groups excluding carboxylic acids is 2. The van der Waals surface area contributed by atoms with E-state index in [1.165, 1.54) is 0 Å². The van der Waals surface area contributed by atoms with E-state index >= 15 is 0 Å². The van der Waals surface area contributed by atoms with Gasteiger partial charge in [-0.1, -0.05) is 26.0 Å². The summed E-state index contributed by atoms with van der Waals surface area (Å²) in [5.74, 6) is 0.664. The van der Waals surface area contributed by atoms with Crippen LogP contribution < -0.4 is 15.4 Å². The molecule has 0 radical (unpaired) electrons. The molecule has 0 atom stereocenters. The third-order valence-electron chi connectivity index (χ3n) is 3.40. The van der Waals surface area contributed by atoms with Crippen LogP contribution >= 0.6 is 0 Å². The normalized spacial score (nSPS) is 10.4. The average Bonchev–Trinajstić information content (AvgIpc) is 2.60. The zero-order valence-electron chi connectivity index (χ0n) is 14.8. The molecule has 2 aromatic carbocycles. The lowest BCUT2D eigenvalue weighted by atomic mass is 10.1. The van der Waals surface area contributed by atoms with Gasteiger partial charge in [0.05, 0.1) is 6.61 Å². The van der Waals surface area contributed by atoms with Gasteiger partial charge in [0.1, 0.15) is 5.75 Å². The number of rotatable bonds is 7. The highest BCUT2D eigenvalue weighted by molar-refractivity contribution is 6.05. The molecule has 0 saturated heterocycles. The fraction of sp³-hybridized carbons (Fsp3) is 0.300. The van der Waals surface area contributed by atoms with Gasteiger partial charge in [-0.05, 0) is 49.2 Å². The summed E-state index contributed by atoms with van der Waals surface area (Å²) in [7, 11) is 0. The van der Waals surface area contributed by atoms with Gasteiger partial charge < -0.3 is 15.4 Å². The third kappa shape index (κ3) is 5.64. The van der Waals surface area contributed by atoms with E-state index in [-0.39, 0.29) is 11.8 Å². The summed E-state index contributed by atoms with van der Waals surface area (Å²) in [5, 5.41) is 5.55. The van der Waals surface area contributed by atoms with Gasteiger partial charge in [0.2, 0.25) is 0 Å². The molecule has 0 fully saturated rings. The van der Waals surface area contributed by atoms with E-state index in [4.69, 9.17) is 4.74 Å². The number of ether oxygens (including phenoxy) is 1. The minimum absolute atomic E-state index is 0.164. The van der Waals surface area contributed by atoms with Crippen LogP contribution in [0.2, 0.25) is 0 Å². The number of benzene rings is 2. The minimum atomic E-state index is -0.247. The molecule has 5 nitrogen and oxygen atoms in total. The SMILES string of the molecule is CCNC(=O)c1cccc(NC(=O)c2cccc(OCC(C)C)c2)c1. The van der Waals surface area contributed by atoms with E-state index in [1.54, 1.807) is 42.5 Å². The van der Waals surface area contributed by atoms with E-state index < -0.39 is 0 Å². The Morgan fingerprint density at radius 3 is 2.36 bits per heavy atom. The van der Waals surface area contributed by atoms with Crippen molar-refractivity contribution in [3.63, 3.8) is 0 Å². The van der Waals surface area contributed by atoms with Crippen molar-refractivity contribution in [1.82, 2.24) is 5.32 Å². The van der Waals surface area contributed by atoms with E-state index in [1.807, 2.05) is 13.0 Å². The average molecular weight is 340 g/mol. The zero-order chi connectivity index (χ0) is 18.2. The van der Waals surface area contributed by atoms with Gasteiger partial charge in [-0.15, -0.1) is 0 Å². The Bertz CT molecular complexity index is 741.